The molecule has 58 heavy (non-hydrogen) atoms. The number of aliphatic hydroxyl groups is 2. The molecule has 336 valence electrons. The van der Waals surface area contributed by atoms with Gasteiger partial charge in [-0.3, -0.25) is 23.2 Å². The van der Waals surface area contributed by atoms with Crippen LogP contribution < -0.4 is 0 Å². The second-order valence-electron chi connectivity index (χ2n) is 14.1. The Bertz CT molecular complexity index is 1280. The Labute approximate surface area is 347 Å². The van der Waals surface area contributed by atoms with Crippen LogP contribution in [0.1, 0.15) is 149 Å². The second-order valence-corrected chi connectivity index (χ2v) is 16.8. The Morgan fingerprint density at radius 3 is 1.78 bits per heavy atom. The predicted octanol–water partition coefficient (Wildman–Crippen LogP) is 9.42. The predicted molar refractivity (Wildman–Crippen MR) is 227 cm³/mol. The van der Waals surface area contributed by atoms with E-state index < -0.39 is 72.3 Å². The first-order valence-electron chi connectivity index (χ1n) is 21.1. The molecule has 0 fully saturated rings. The van der Waals surface area contributed by atoms with E-state index >= 15 is 0 Å². The van der Waals surface area contributed by atoms with Crippen molar-refractivity contribution in [1.82, 2.24) is 0 Å². The average molecular weight is 865 g/mol. The minimum Gasteiger partial charge on any atom is -0.462 e. The molecule has 0 bridgehead atoms. The van der Waals surface area contributed by atoms with Gasteiger partial charge in [0.2, 0.25) is 0 Å². The van der Waals surface area contributed by atoms with E-state index in [0.29, 0.717) is 19.3 Å². The fraction of sp³-hybridized carbons (Fsp3) is 0.714. The average Bonchev–Trinajstić information content (AvgIpc) is 3.17. The van der Waals surface area contributed by atoms with Crippen molar-refractivity contribution in [2.75, 3.05) is 26.4 Å². The summed E-state index contributed by atoms with van der Waals surface area (Å²) in [5, 5.41) is 19.9. The maximum Gasteiger partial charge on any atom is 0.472 e. The molecular weight excluding hydrogens is 790 g/mol. The lowest BCUT2D eigenvalue weighted by Gasteiger charge is -2.20. The van der Waals surface area contributed by atoms with Crippen LogP contribution in [0.2, 0.25) is 0 Å². The number of hydrogen-bond donors (Lipinski definition) is 5. The highest BCUT2D eigenvalue weighted by Crippen LogP contribution is 2.43. The maximum absolute atomic E-state index is 12.6. The Hall–Kier alpha value is -2.22. The van der Waals surface area contributed by atoms with Gasteiger partial charge in [-0.25, -0.2) is 9.13 Å². The van der Waals surface area contributed by atoms with Gasteiger partial charge in [0.1, 0.15) is 12.7 Å². The highest BCUT2D eigenvalue weighted by molar-refractivity contribution is 7.47. The molecule has 0 spiro atoms. The first-order chi connectivity index (χ1) is 27.8. The summed E-state index contributed by atoms with van der Waals surface area (Å²) in [6.07, 6.45) is 35.2. The number of rotatable bonds is 39. The first kappa shape index (κ1) is 55.8. The van der Waals surface area contributed by atoms with Crippen LogP contribution in [0.25, 0.3) is 0 Å². The Kier molecular flexibility index (Phi) is 36.3. The number of ether oxygens (including phenoxy) is 2. The number of phosphoric ester groups is 2. The Morgan fingerprint density at radius 2 is 1.14 bits per heavy atom. The van der Waals surface area contributed by atoms with Gasteiger partial charge >= 0.3 is 27.6 Å². The zero-order chi connectivity index (χ0) is 43.2. The third-order valence-corrected chi connectivity index (χ3v) is 9.95. The van der Waals surface area contributed by atoms with Crippen molar-refractivity contribution in [3.8, 4) is 0 Å². The van der Waals surface area contributed by atoms with E-state index in [2.05, 4.69) is 59.4 Å². The molecule has 0 radical (unpaired) electrons. The van der Waals surface area contributed by atoms with Crippen molar-refractivity contribution in [3.63, 3.8) is 0 Å². The standard InChI is InChI=1S/C42H74O14P2/c1-3-5-7-9-11-12-13-14-15-16-17-18-20-24-28-32-41(45)52-36-40(37-55-58(50,51)54-35-39(44)34-53-57(47,48)49)56-42(46)33-29-25-21-23-27-31-38(43)30-26-22-19-10-8-6-4-2/h6,8,12-15,19,22,26,30,38-40,43-44H,3-5,7,9-11,16-18,20-21,23-25,27-29,31-37H2,1-2H3,(H,50,51)(H2,47,48,49)/b8-6+,13-12-,15-14-,22-19+,30-26+/t38?,39-,40+/m0/s1. The van der Waals surface area contributed by atoms with Gasteiger partial charge in [0, 0.05) is 12.8 Å². The summed E-state index contributed by atoms with van der Waals surface area (Å²) in [5.74, 6) is -1.13. The molecule has 0 rings (SSSR count). The van der Waals surface area contributed by atoms with Crippen molar-refractivity contribution in [1.29, 1.82) is 0 Å². The van der Waals surface area contributed by atoms with Crippen LogP contribution in [0.3, 0.4) is 0 Å². The van der Waals surface area contributed by atoms with E-state index in [-0.39, 0.29) is 12.8 Å². The number of aliphatic hydroxyl groups excluding tert-OH is 2. The van der Waals surface area contributed by atoms with Crippen LogP contribution in [-0.4, -0.2) is 81.6 Å². The molecule has 0 aliphatic carbocycles. The van der Waals surface area contributed by atoms with E-state index in [0.717, 1.165) is 77.0 Å². The molecule has 0 saturated heterocycles. The normalized spacial score (nSPS) is 15.2. The molecule has 4 atom stereocenters. The van der Waals surface area contributed by atoms with Gasteiger partial charge < -0.3 is 34.4 Å². The molecule has 2 unspecified atom stereocenters. The minimum atomic E-state index is -4.88. The van der Waals surface area contributed by atoms with Gasteiger partial charge in [0.25, 0.3) is 0 Å². The fourth-order valence-electron chi connectivity index (χ4n) is 5.29. The maximum atomic E-state index is 12.6. The summed E-state index contributed by atoms with van der Waals surface area (Å²) in [4.78, 5) is 52.6. The van der Waals surface area contributed by atoms with E-state index in [9.17, 15) is 33.8 Å². The highest BCUT2D eigenvalue weighted by atomic mass is 31.2. The SMILES string of the molecule is CC/C=C/C/C=C/C=C/C(O)CCCCCCCC(=O)O[C@H](COC(=O)CCCCCCC/C=C\C=C/CCCCCC)COP(=O)(O)OC[C@@H](O)COP(=O)(O)O. The number of phosphoric acid groups is 2. The number of hydrogen-bond acceptors (Lipinski definition) is 11. The van der Waals surface area contributed by atoms with Gasteiger partial charge in [-0.1, -0.05) is 139 Å². The van der Waals surface area contributed by atoms with Crippen molar-refractivity contribution < 1.29 is 66.7 Å². The van der Waals surface area contributed by atoms with Crippen molar-refractivity contribution >= 4 is 27.6 Å². The van der Waals surface area contributed by atoms with Crippen molar-refractivity contribution in [2.45, 2.75) is 167 Å². The molecule has 16 heteroatoms. The van der Waals surface area contributed by atoms with E-state index in [4.69, 9.17) is 23.8 Å². The lowest BCUT2D eigenvalue weighted by molar-refractivity contribution is -0.161. The van der Waals surface area contributed by atoms with E-state index in [1.165, 1.54) is 25.7 Å². The number of allylic oxidation sites excluding steroid dienone is 9. The topological polar surface area (TPSA) is 216 Å². The van der Waals surface area contributed by atoms with Crippen LogP contribution in [0.5, 0.6) is 0 Å². The lowest BCUT2D eigenvalue weighted by atomic mass is 10.1. The van der Waals surface area contributed by atoms with Crippen LogP contribution >= 0.6 is 15.6 Å². The summed E-state index contributed by atoms with van der Waals surface area (Å²) < 4.78 is 47.6. The minimum absolute atomic E-state index is 0.0558. The van der Waals surface area contributed by atoms with Crippen LogP contribution in [0.4, 0.5) is 0 Å². The second kappa shape index (κ2) is 37.8. The van der Waals surface area contributed by atoms with Gasteiger partial charge in [0.05, 0.1) is 25.9 Å². The summed E-state index contributed by atoms with van der Waals surface area (Å²) in [6.45, 7) is 1.47. The third kappa shape index (κ3) is 40.6. The highest BCUT2D eigenvalue weighted by Gasteiger charge is 2.28. The summed E-state index contributed by atoms with van der Waals surface area (Å²) in [7, 11) is -9.71. The molecule has 0 aromatic heterocycles. The van der Waals surface area contributed by atoms with E-state index in [1.54, 1.807) is 6.08 Å². The van der Waals surface area contributed by atoms with E-state index in [1.807, 2.05) is 18.2 Å². The fourth-order valence-corrected chi connectivity index (χ4v) is 6.44. The molecule has 0 aliphatic rings. The quantitative estimate of drug-likeness (QED) is 0.0128. The molecular formula is C42H74O14P2. The van der Waals surface area contributed by atoms with Gasteiger partial charge in [-0.15, -0.1) is 0 Å². The van der Waals surface area contributed by atoms with Gasteiger partial charge in [0.15, 0.2) is 6.10 Å². The van der Waals surface area contributed by atoms with Crippen LogP contribution in [0.15, 0.2) is 60.8 Å². The molecule has 0 saturated carbocycles. The number of carbonyl (C=O) groups is 2. The largest absolute Gasteiger partial charge is 0.472 e. The lowest BCUT2D eigenvalue weighted by Crippen LogP contribution is -2.30. The molecule has 0 heterocycles. The van der Waals surface area contributed by atoms with Crippen molar-refractivity contribution in [2.24, 2.45) is 0 Å². The van der Waals surface area contributed by atoms with Gasteiger partial charge in [-0.05, 0) is 57.8 Å². The van der Waals surface area contributed by atoms with Crippen LogP contribution in [-0.2, 0) is 41.8 Å². The molecule has 0 aromatic carbocycles. The first-order valence-corrected chi connectivity index (χ1v) is 24.1. The van der Waals surface area contributed by atoms with Crippen molar-refractivity contribution in [3.05, 3.63) is 60.8 Å². The zero-order valence-electron chi connectivity index (χ0n) is 35.0. The molecule has 14 nitrogen and oxygen atoms in total. The molecule has 0 aromatic rings. The van der Waals surface area contributed by atoms with Crippen LogP contribution in [0, 0.1) is 0 Å². The monoisotopic (exact) mass is 864 g/mol. The summed E-state index contributed by atoms with van der Waals surface area (Å²) in [6, 6.07) is 0. The summed E-state index contributed by atoms with van der Waals surface area (Å²) >= 11 is 0. The smallest absolute Gasteiger partial charge is 0.462 e. The summed E-state index contributed by atoms with van der Waals surface area (Å²) in [5.41, 5.74) is 0. The Balaban J connectivity index is 4.66. The molecule has 0 amide bonds. The number of unbranched alkanes of at least 4 members (excludes halogenated alkanes) is 13. The third-order valence-electron chi connectivity index (χ3n) is 8.51. The Morgan fingerprint density at radius 1 is 0.586 bits per heavy atom. The van der Waals surface area contributed by atoms with Gasteiger partial charge in [-0.2, -0.15) is 0 Å². The molecule has 5 N–H and O–H groups in total. The number of carbonyl (C=O) groups excluding carboxylic acids is 2. The molecule has 0 aliphatic heterocycles. The zero-order valence-corrected chi connectivity index (χ0v) is 36.8. The number of esters is 2.